The third kappa shape index (κ3) is 3.44. The largest absolute Gasteiger partial charge is 0.388 e. The summed E-state index contributed by atoms with van der Waals surface area (Å²) in [7, 11) is -3.45. The summed E-state index contributed by atoms with van der Waals surface area (Å²) in [6, 6.07) is 3.62. The highest BCUT2D eigenvalue weighted by Crippen LogP contribution is 2.42. The lowest BCUT2D eigenvalue weighted by atomic mass is 9.78. The Morgan fingerprint density at radius 1 is 1.18 bits per heavy atom. The van der Waals surface area contributed by atoms with Crippen molar-refractivity contribution in [2.75, 3.05) is 5.32 Å². The second-order valence-corrected chi connectivity index (χ2v) is 11.2. The topological polar surface area (TPSA) is 141 Å². The summed E-state index contributed by atoms with van der Waals surface area (Å²) in [6.07, 6.45) is 10.8. The number of rotatable bonds is 7. The molecule has 6 rings (SSSR count). The molecule has 4 aromatic rings. The maximum absolute atomic E-state index is 12.4. The molecule has 4 heterocycles. The van der Waals surface area contributed by atoms with E-state index in [1.807, 2.05) is 6.07 Å². The fourth-order valence-corrected chi connectivity index (χ4v) is 5.97. The van der Waals surface area contributed by atoms with Crippen LogP contribution in [0.4, 0.5) is 11.6 Å². The molecule has 4 aromatic heterocycles. The van der Waals surface area contributed by atoms with Crippen LogP contribution in [0.15, 0.2) is 36.9 Å². The molecule has 34 heavy (non-hydrogen) atoms. The summed E-state index contributed by atoms with van der Waals surface area (Å²) in [5.41, 5.74) is 2.09. The Balaban J connectivity index is 1.30. The van der Waals surface area contributed by atoms with E-state index < -0.39 is 10.0 Å². The van der Waals surface area contributed by atoms with Crippen LogP contribution in [0.1, 0.15) is 44.9 Å². The first kappa shape index (κ1) is 21.2. The van der Waals surface area contributed by atoms with Gasteiger partial charge in [-0.3, -0.25) is 0 Å². The van der Waals surface area contributed by atoms with Crippen molar-refractivity contribution in [2.24, 2.45) is 0 Å². The van der Waals surface area contributed by atoms with Gasteiger partial charge in [-0.2, -0.15) is 9.19 Å². The number of anilines is 2. The molecule has 0 amide bonds. The van der Waals surface area contributed by atoms with Gasteiger partial charge in [0.25, 0.3) is 10.0 Å². The molecule has 2 saturated carbocycles. The number of hydrogen-bond acceptors (Lipinski definition) is 9. The molecule has 0 radical (unpaired) electrons. The lowest BCUT2D eigenvalue weighted by Crippen LogP contribution is -2.38. The lowest BCUT2D eigenvalue weighted by Gasteiger charge is -2.41. The highest BCUT2D eigenvalue weighted by molar-refractivity contribution is 7.90. The summed E-state index contributed by atoms with van der Waals surface area (Å²) >= 11 is 0. The van der Waals surface area contributed by atoms with E-state index in [2.05, 4.69) is 41.8 Å². The number of aromatic nitrogens is 7. The Morgan fingerprint density at radius 3 is 2.71 bits per heavy atom. The highest BCUT2D eigenvalue weighted by Gasteiger charge is 2.38. The first-order valence-electron chi connectivity index (χ1n) is 11.3. The van der Waals surface area contributed by atoms with E-state index in [1.54, 1.807) is 18.5 Å². The third-order valence-corrected chi connectivity index (χ3v) is 8.69. The van der Waals surface area contributed by atoms with E-state index in [9.17, 15) is 13.5 Å². The second-order valence-electron chi connectivity index (χ2n) is 9.17. The molecule has 0 unspecified atom stereocenters. The summed E-state index contributed by atoms with van der Waals surface area (Å²) in [5, 5.41) is 16.7. The van der Waals surface area contributed by atoms with Gasteiger partial charge in [0, 0.05) is 17.8 Å². The minimum atomic E-state index is -3.45. The SMILES string of the molecule is CC1(n2c(CO)nc3cnc(Nc4ccnc(-c5cnn(S(=O)(=O)C6CC6)c5)n4)cc32)CCC1. The zero-order valence-electron chi connectivity index (χ0n) is 18.6. The molecule has 12 heteroatoms. The number of aliphatic hydroxyl groups excluding tert-OH is 1. The first-order valence-corrected chi connectivity index (χ1v) is 12.8. The van der Waals surface area contributed by atoms with Crippen molar-refractivity contribution >= 4 is 32.7 Å². The van der Waals surface area contributed by atoms with Crippen LogP contribution in [0.2, 0.25) is 0 Å². The van der Waals surface area contributed by atoms with Crippen LogP contribution in [-0.2, 0) is 22.2 Å². The van der Waals surface area contributed by atoms with E-state index in [0.717, 1.165) is 34.4 Å². The van der Waals surface area contributed by atoms with Crippen molar-refractivity contribution in [3.8, 4) is 11.4 Å². The van der Waals surface area contributed by atoms with Crippen LogP contribution in [0.25, 0.3) is 22.4 Å². The molecular formula is C22H24N8O3S. The van der Waals surface area contributed by atoms with Crippen LogP contribution in [0.5, 0.6) is 0 Å². The zero-order valence-corrected chi connectivity index (χ0v) is 19.4. The Hall–Kier alpha value is -3.38. The molecule has 2 N–H and O–H groups in total. The van der Waals surface area contributed by atoms with Gasteiger partial charge >= 0.3 is 0 Å². The Kier molecular flexibility index (Phi) is 4.71. The molecule has 2 aliphatic carbocycles. The van der Waals surface area contributed by atoms with Gasteiger partial charge in [-0.15, -0.1) is 0 Å². The summed E-state index contributed by atoms with van der Waals surface area (Å²) in [5.74, 6) is 2.09. The van der Waals surface area contributed by atoms with Gasteiger partial charge in [-0.25, -0.2) is 28.4 Å². The predicted octanol–water partition coefficient (Wildman–Crippen LogP) is 2.56. The number of imidazole rings is 1. The Labute approximate surface area is 196 Å². The van der Waals surface area contributed by atoms with E-state index in [4.69, 9.17) is 0 Å². The number of nitrogens with one attached hydrogen (secondary N) is 1. The van der Waals surface area contributed by atoms with E-state index >= 15 is 0 Å². The maximum Gasteiger partial charge on any atom is 0.256 e. The monoisotopic (exact) mass is 480 g/mol. The van der Waals surface area contributed by atoms with Gasteiger partial charge in [-0.1, -0.05) is 0 Å². The Morgan fingerprint density at radius 2 is 2.00 bits per heavy atom. The summed E-state index contributed by atoms with van der Waals surface area (Å²) in [6.45, 7) is 2.05. The molecule has 0 aromatic carbocycles. The number of nitrogens with zero attached hydrogens (tertiary/aromatic N) is 7. The fraction of sp³-hybridized carbons (Fsp3) is 0.409. The average Bonchev–Trinajstić information content (AvgIpc) is 3.44. The quantitative estimate of drug-likeness (QED) is 0.408. The minimum absolute atomic E-state index is 0.0610. The van der Waals surface area contributed by atoms with Gasteiger partial charge in [0.05, 0.1) is 34.9 Å². The fourth-order valence-electron chi connectivity index (χ4n) is 4.50. The number of hydrogen-bond donors (Lipinski definition) is 2. The van der Waals surface area contributed by atoms with Crippen LogP contribution < -0.4 is 5.32 Å². The van der Waals surface area contributed by atoms with Gasteiger partial charge in [0.15, 0.2) is 5.82 Å². The Bertz CT molecular complexity index is 1500. The maximum atomic E-state index is 12.4. The van der Waals surface area contributed by atoms with E-state index in [-0.39, 0.29) is 17.4 Å². The van der Waals surface area contributed by atoms with Gasteiger partial charge in [0.1, 0.15) is 29.6 Å². The van der Waals surface area contributed by atoms with Crippen molar-refractivity contribution < 1.29 is 13.5 Å². The van der Waals surface area contributed by atoms with Crippen molar-refractivity contribution in [1.82, 2.24) is 33.7 Å². The van der Waals surface area contributed by atoms with Crippen LogP contribution >= 0.6 is 0 Å². The zero-order chi connectivity index (χ0) is 23.5. The van der Waals surface area contributed by atoms with Crippen molar-refractivity contribution in [3.05, 3.63) is 42.7 Å². The lowest BCUT2D eigenvalue weighted by molar-refractivity contribution is 0.156. The van der Waals surface area contributed by atoms with Gasteiger partial charge in [0.2, 0.25) is 0 Å². The van der Waals surface area contributed by atoms with Crippen molar-refractivity contribution in [1.29, 1.82) is 0 Å². The van der Waals surface area contributed by atoms with E-state index in [1.165, 1.54) is 12.4 Å². The first-order chi connectivity index (χ1) is 16.4. The molecule has 0 aliphatic heterocycles. The smallest absolute Gasteiger partial charge is 0.256 e. The number of fused-ring (bicyclic) bond motifs is 1. The molecule has 11 nitrogen and oxygen atoms in total. The number of pyridine rings is 1. The third-order valence-electron chi connectivity index (χ3n) is 6.66. The number of aliphatic hydroxyl groups is 1. The van der Waals surface area contributed by atoms with Gasteiger partial charge < -0.3 is 15.0 Å². The molecule has 0 spiro atoms. The normalized spacial score (nSPS) is 17.6. The average molecular weight is 481 g/mol. The van der Waals surface area contributed by atoms with Crippen LogP contribution in [-0.4, -0.2) is 52.5 Å². The van der Waals surface area contributed by atoms with Crippen LogP contribution in [0, 0.1) is 0 Å². The molecule has 0 saturated heterocycles. The standard InChI is InChI=1S/C22H24N8O3S/c1-22(6-2-7-22)30-17-9-19(24-11-16(17)26-20(30)13-31)27-18-5-8-23-21(28-18)14-10-25-29(12-14)34(32,33)15-3-4-15/h5,8-12,15,31H,2-4,6-7,13H2,1H3,(H,23,24,27,28). The van der Waals surface area contributed by atoms with Crippen molar-refractivity contribution in [2.45, 2.75) is 56.4 Å². The molecule has 176 valence electrons. The summed E-state index contributed by atoms with van der Waals surface area (Å²) < 4.78 is 28.0. The second kappa shape index (κ2) is 7.57. The molecule has 2 aliphatic rings. The van der Waals surface area contributed by atoms with Crippen LogP contribution in [0.3, 0.4) is 0 Å². The predicted molar refractivity (Wildman–Crippen MR) is 125 cm³/mol. The molecule has 0 bridgehead atoms. The van der Waals surface area contributed by atoms with Gasteiger partial charge in [-0.05, 0) is 45.1 Å². The van der Waals surface area contributed by atoms with E-state index in [0.29, 0.717) is 41.7 Å². The summed E-state index contributed by atoms with van der Waals surface area (Å²) in [4.78, 5) is 17.8. The molecule has 0 atom stereocenters. The molecule has 2 fully saturated rings. The molecular weight excluding hydrogens is 456 g/mol. The van der Waals surface area contributed by atoms with Crippen molar-refractivity contribution in [3.63, 3.8) is 0 Å². The minimum Gasteiger partial charge on any atom is -0.388 e. The highest BCUT2D eigenvalue weighted by atomic mass is 32.2.